The molecule has 0 aliphatic carbocycles. The summed E-state index contributed by atoms with van der Waals surface area (Å²) in [5.41, 5.74) is 2.14. The highest BCUT2D eigenvalue weighted by atomic mass is 16.4. The van der Waals surface area contributed by atoms with E-state index in [1.54, 1.807) is 24.0 Å². The summed E-state index contributed by atoms with van der Waals surface area (Å²) < 4.78 is 7.46. The molecule has 7 heteroatoms. The third-order valence-corrected chi connectivity index (χ3v) is 4.08. The highest BCUT2D eigenvalue weighted by Gasteiger charge is 2.15. The van der Waals surface area contributed by atoms with Crippen molar-refractivity contribution < 1.29 is 9.21 Å². The van der Waals surface area contributed by atoms with Crippen LogP contribution in [0.3, 0.4) is 0 Å². The molecule has 138 valence electrons. The fraction of sp³-hybridized carbons (Fsp3) is 0.300. The van der Waals surface area contributed by atoms with Crippen LogP contribution < -0.4 is 5.32 Å². The summed E-state index contributed by atoms with van der Waals surface area (Å²) >= 11 is 0. The van der Waals surface area contributed by atoms with E-state index >= 15 is 0 Å². The Morgan fingerprint density at radius 3 is 2.89 bits per heavy atom. The van der Waals surface area contributed by atoms with Crippen LogP contribution in [0.5, 0.6) is 0 Å². The number of benzene rings is 1. The van der Waals surface area contributed by atoms with Gasteiger partial charge in [0.15, 0.2) is 0 Å². The molecule has 0 aliphatic heterocycles. The van der Waals surface area contributed by atoms with Crippen LogP contribution in [0.4, 0.5) is 5.69 Å². The van der Waals surface area contributed by atoms with Gasteiger partial charge in [-0.1, -0.05) is 18.2 Å². The number of oxazole rings is 1. The van der Waals surface area contributed by atoms with Gasteiger partial charge in [-0.3, -0.25) is 9.48 Å². The number of hydrogen-bond donors (Lipinski definition) is 1. The Labute approximate surface area is 157 Å². The fourth-order valence-corrected chi connectivity index (χ4v) is 2.68. The molecule has 0 aliphatic rings. The van der Waals surface area contributed by atoms with Gasteiger partial charge in [0.2, 0.25) is 11.8 Å². The van der Waals surface area contributed by atoms with Crippen LogP contribution in [0.25, 0.3) is 11.5 Å². The lowest BCUT2D eigenvalue weighted by molar-refractivity contribution is -0.115. The highest BCUT2D eigenvalue weighted by Crippen LogP contribution is 2.21. The lowest BCUT2D eigenvalue weighted by atomic mass is 10.2. The number of unbranched alkanes of at least 4 members (excludes halogenated alkanes) is 2. The monoisotopic (exact) mass is 363 g/mol. The van der Waals surface area contributed by atoms with Gasteiger partial charge in [0.05, 0.1) is 30.1 Å². The van der Waals surface area contributed by atoms with Crippen molar-refractivity contribution in [2.24, 2.45) is 0 Å². The van der Waals surface area contributed by atoms with Crippen molar-refractivity contribution in [1.29, 1.82) is 5.26 Å². The minimum atomic E-state index is -0.171. The number of aromatic nitrogens is 3. The molecular weight excluding hydrogens is 342 g/mol. The predicted octanol–water partition coefficient (Wildman–Crippen LogP) is 3.72. The molecule has 0 atom stereocenters. The number of nitrogens with zero attached hydrogens (tertiary/aromatic N) is 4. The van der Waals surface area contributed by atoms with Gasteiger partial charge < -0.3 is 9.73 Å². The molecular formula is C20H21N5O2. The van der Waals surface area contributed by atoms with E-state index in [0.29, 0.717) is 29.5 Å². The maximum Gasteiger partial charge on any atom is 0.230 e. The highest BCUT2D eigenvalue weighted by molar-refractivity contribution is 5.91. The molecule has 2 aromatic heterocycles. The summed E-state index contributed by atoms with van der Waals surface area (Å²) in [4.78, 5) is 16.8. The lowest BCUT2D eigenvalue weighted by Crippen LogP contribution is -2.14. The summed E-state index contributed by atoms with van der Waals surface area (Å²) in [7, 11) is 0. The lowest BCUT2D eigenvalue weighted by Gasteiger charge is -2.01. The maximum absolute atomic E-state index is 12.3. The van der Waals surface area contributed by atoms with Crippen LogP contribution in [0, 0.1) is 18.3 Å². The van der Waals surface area contributed by atoms with Gasteiger partial charge in [-0.25, -0.2) is 4.98 Å². The standard InChI is InChI=1S/C20H21N5O2/c1-15-18(24-20(27-15)16-8-4-2-5-9-16)12-19(26)23-17-13-22-25(14-17)11-7-3-6-10-21/h2,4-5,8-9,13-14H,3,6-7,11-12H2,1H3,(H,23,26). The minimum absolute atomic E-state index is 0.134. The van der Waals surface area contributed by atoms with Gasteiger partial charge >= 0.3 is 0 Å². The minimum Gasteiger partial charge on any atom is -0.441 e. The largest absolute Gasteiger partial charge is 0.441 e. The normalized spacial score (nSPS) is 10.5. The van der Waals surface area contributed by atoms with E-state index in [1.807, 2.05) is 30.3 Å². The van der Waals surface area contributed by atoms with E-state index < -0.39 is 0 Å². The topological polar surface area (TPSA) is 96.7 Å². The van der Waals surface area contributed by atoms with Crippen LogP contribution in [-0.2, 0) is 17.8 Å². The SMILES string of the molecule is Cc1oc(-c2ccccc2)nc1CC(=O)Nc1cnn(CCCCC#N)c1. The molecule has 1 amide bonds. The van der Waals surface area contributed by atoms with Crippen molar-refractivity contribution in [1.82, 2.24) is 14.8 Å². The second-order valence-corrected chi connectivity index (χ2v) is 6.22. The van der Waals surface area contributed by atoms with E-state index in [4.69, 9.17) is 9.68 Å². The summed E-state index contributed by atoms with van der Waals surface area (Å²) in [5, 5.41) is 15.6. The molecule has 1 aromatic carbocycles. The molecule has 0 unspecified atom stereocenters. The Bertz CT molecular complexity index is 937. The number of nitriles is 1. The van der Waals surface area contributed by atoms with E-state index in [-0.39, 0.29) is 12.3 Å². The number of aryl methyl sites for hydroxylation is 2. The first-order valence-electron chi connectivity index (χ1n) is 8.86. The first kappa shape index (κ1) is 18.4. The average Bonchev–Trinajstić information content (AvgIpc) is 3.26. The molecule has 0 fully saturated rings. The van der Waals surface area contributed by atoms with Crippen molar-refractivity contribution in [2.45, 2.75) is 39.2 Å². The number of carbonyl (C=O) groups is 1. The van der Waals surface area contributed by atoms with Gasteiger partial charge in [0.25, 0.3) is 0 Å². The Hall–Kier alpha value is -3.40. The predicted molar refractivity (Wildman–Crippen MR) is 101 cm³/mol. The first-order chi connectivity index (χ1) is 13.2. The number of carbonyl (C=O) groups excluding carboxylic acids is 1. The fourth-order valence-electron chi connectivity index (χ4n) is 2.68. The maximum atomic E-state index is 12.3. The smallest absolute Gasteiger partial charge is 0.230 e. The molecule has 0 saturated carbocycles. The number of rotatable bonds is 8. The summed E-state index contributed by atoms with van der Waals surface area (Å²) in [5.74, 6) is 0.980. The number of nitrogens with one attached hydrogen (secondary N) is 1. The van der Waals surface area contributed by atoms with Gasteiger partial charge in [-0.2, -0.15) is 10.4 Å². The molecule has 0 spiro atoms. The quantitative estimate of drug-likeness (QED) is 0.615. The van der Waals surface area contributed by atoms with Crippen LogP contribution in [-0.4, -0.2) is 20.7 Å². The van der Waals surface area contributed by atoms with Crippen LogP contribution in [0.2, 0.25) is 0 Å². The van der Waals surface area contributed by atoms with E-state index in [2.05, 4.69) is 21.5 Å². The van der Waals surface area contributed by atoms with Crippen LogP contribution in [0.15, 0.2) is 47.1 Å². The number of hydrogen-bond acceptors (Lipinski definition) is 5. The average molecular weight is 363 g/mol. The Morgan fingerprint density at radius 1 is 1.30 bits per heavy atom. The summed E-state index contributed by atoms with van der Waals surface area (Å²) in [6, 6.07) is 11.7. The van der Waals surface area contributed by atoms with Gasteiger partial charge in [0.1, 0.15) is 5.76 Å². The molecule has 7 nitrogen and oxygen atoms in total. The Balaban J connectivity index is 1.56. The van der Waals surface area contributed by atoms with E-state index in [0.717, 1.165) is 24.9 Å². The Morgan fingerprint density at radius 2 is 2.11 bits per heavy atom. The van der Waals surface area contributed by atoms with Crippen molar-refractivity contribution in [3.8, 4) is 17.5 Å². The molecule has 0 radical (unpaired) electrons. The van der Waals surface area contributed by atoms with Gasteiger partial charge in [-0.05, 0) is 31.9 Å². The Kier molecular flexibility index (Phi) is 6.00. The molecule has 3 aromatic rings. The van der Waals surface area contributed by atoms with Crippen molar-refractivity contribution in [3.63, 3.8) is 0 Å². The number of anilines is 1. The molecule has 2 heterocycles. The number of amides is 1. The summed E-state index contributed by atoms with van der Waals surface area (Å²) in [6.07, 6.45) is 5.81. The van der Waals surface area contributed by atoms with Crippen LogP contribution >= 0.6 is 0 Å². The molecule has 27 heavy (non-hydrogen) atoms. The van der Waals surface area contributed by atoms with E-state index in [9.17, 15) is 4.79 Å². The van der Waals surface area contributed by atoms with Crippen molar-refractivity contribution in [2.75, 3.05) is 5.32 Å². The van der Waals surface area contributed by atoms with Gasteiger partial charge in [0, 0.05) is 24.7 Å². The van der Waals surface area contributed by atoms with Crippen LogP contribution in [0.1, 0.15) is 30.7 Å². The first-order valence-corrected chi connectivity index (χ1v) is 8.86. The third-order valence-electron chi connectivity index (χ3n) is 4.08. The molecule has 0 saturated heterocycles. The molecule has 0 bridgehead atoms. The second-order valence-electron chi connectivity index (χ2n) is 6.22. The molecule has 1 N–H and O–H groups in total. The second kappa shape index (κ2) is 8.81. The zero-order chi connectivity index (χ0) is 19.1. The van der Waals surface area contributed by atoms with E-state index in [1.165, 1.54) is 0 Å². The van der Waals surface area contributed by atoms with Gasteiger partial charge in [-0.15, -0.1) is 0 Å². The van der Waals surface area contributed by atoms with Crippen molar-refractivity contribution >= 4 is 11.6 Å². The zero-order valence-electron chi connectivity index (χ0n) is 15.2. The van der Waals surface area contributed by atoms with Crippen molar-refractivity contribution in [3.05, 3.63) is 54.2 Å². The molecule has 3 rings (SSSR count). The third kappa shape index (κ3) is 5.05. The summed E-state index contributed by atoms with van der Waals surface area (Å²) in [6.45, 7) is 2.53. The zero-order valence-corrected chi connectivity index (χ0v) is 15.2.